The van der Waals surface area contributed by atoms with Gasteiger partial charge in [-0.05, 0) is 26.7 Å². The molecule has 94 valence electrons. The van der Waals surface area contributed by atoms with Crippen molar-refractivity contribution in [3.05, 3.63) is 17.5 Å². The normalized spacial score (nSPS) is 17.6. The van der Waals surface area contributed by atoms with Gasteiger partial charge in [-0.2, -0.15) is 5.10 Å². The quantitative estimate of drug-likeness (QED) is 0.875. The second-order valence-electron chi connectivity index (χ2n) is 4.69. The minimum absolute atomic E-state index is 0.182. The molecular weight excluding hydrogens is 220 g/mol. The lowest BCUT2D eigenvalue weighted by Gasteiger charge is -2.20. The van der Waals surface area contributed by atoms with E-state index in [1.165, 1.54) is 0 Å². The molecule has 0 aliphatic carbocycles. The van der Waals surface area contributed by atoms with E-state index in [0.717, 1.165) is 18.5 Å². The number of hydrogen-bond acceptors (Lipinski definition) is 3. The predicted octanol–water partition coefficient (Wildman–Crippen LogP) is 2.06. The number of hydrogen-bond donors (Lipinski definition) is 1. The summed E-state index contributed by atoms with van der Waals surface area (Å²) in [7, 11) is 0. The monoisotopic (exact) mass is 238 g/mol. The van der Waals surface area contributed by atoms with Crippen LogP contribution in [0.3, 0.4) is 0 Å². The van der Waals surface area contributed by atoms with Gasteiger partial charge in [-0.1, -0.05) is 0 Å². The molecule has 0 amide bonds. The number of nitrogens with zero attached hydrogens (tertiary/aromatic N) is 2. The Hall–Kier alpha value is -1.36. The van der Waals surface area contributed by atoms with Crippen molar-refractivity contribution < 1.29 is 14.6 Å². The Morgan fingerprint density at radius 3 is 2.71 bits per heavy atom. The smallest absolute Gasteiger partial charge is 0.339 e. The largest absolute Gasteiger partial charge is 0.478 e. The minimum atomic E-state index is -0.890. The van der Waals surface area contributed by atoms with E-state index < -0.39 is 5.97 Å². The number of rotatable bonds is 3. The van der Waals surface area contributed by atoms with Gasteiger partial charge in [-0.25, -0.2) is 4.79 Å². The van der Waals surface area contributed by atoms with E-state index in [-0.39, 0.29) is 12.0 Å². The number of aromatic nitrogens is 2. The molecule has 1 aromatic rings. The summed E-state index contributed by atoms with van der Waals surface area (Å²) in [4.78, 5) is 11.2. The van der Waals surface area contributed by atoms with E-state index in [1.807, 2.05) is 13.8 Å². The fourth-order valence-electron chi connectivity index (χ4n) is 2.11. The molecule has 0 bridgehead atoms. The first-order valence-electron chi connectivity index (χ1n) is 5.99. The molecule has 5 heteroatoms. The van der Waals surface area contributed by atoms with Crippen LogP contribution in [0.5, 0.6) is 0 Å². The van der Waals surface area contributed by atoms with Gasteiger partial charge < -0.3 is 9.84 Å². The van der Waals surface area contributed by atoms with Crippen LogP contribution in [0, 0.1) is 0 Å². The summed E-state index contributed by atoms with van der Waals surface area (Å²) in [6.07, 6.45) is 3.35. The Morgan fingerprint density at radius 2 is 2.18 bits per heavy atom. The average molecular weight is 238 g/mol. The summed E-state index contributed by atoms with van der Waals surface area (Å²) in [5, 5.41) is 13.6. The molecule has 0 radical (unpaired) electrons. The number of carboxylic acids is 1. The van der Waals surface area contributed by atoms with Crippen molar-refractivity contribution >= 4 is 5.97 Å². The van der Waals surface area contributed by atoms with Gasteiger partial charge in [-0.3, -0.25) is 4.68 Å². The molecule has 5 nitrogen and oxygen atoms in total. The Bertz CT molecular complexity index is 406. The summed E-state index contributed by atoms with van der Waals surface area (Å²) < 4.78 is 7.02. The maximum atomic E-state index is 11.2. The number of carboxylic acid groups (broad SMARTS) is 1. The molecule has 0 aromatic carbocycles. The Morgan fingerprint density at radius 1 is 1.53 bits per heavy atom. The maximum absolute atomic E-state index is 11.2. The zero-order chi connectivity index (χ0) is 12.4. The summed E-state index contributed by atoms with van der Waals surface area (Å²) in [6, 6.07) is 0.182. The van der Waals surface area contributed by atoms with Crippen molar-refractivity contribution in [1.29, 1.82) is 0 Å². The molecule has 0 saturated carbocycles. The van der Waals surface area contributed by atoms with E-state index in [2.05, 4.69) is 5.10 Å². The minimum Gasteiger partial charge on any atom is -0.478 e. The lowest BCUT2D eigenvalue weighted by Crippen LogP contribution is -2.17. The van der Waals surface area contributed by atoms with Crippen LogP contribution in [0.1, 0.15) is 54.7 Å². The highest BCUT2D eigenvalue weighted by Gasteiger charge is 2.25. The maximum Gasteiger partial charge on any atom is 0.339 e. The van der Waals surface area contributed by atoms with E-state index in [9.17, 15) is 9.90 Å². The molecule has 1 saturated heterocycles. The van der Waals surface area contributed by atoms with E-state index >= 15 is 0 Å². The van der Waals surface area contributed by atoms with Crippen molar-refractivity contribution in [3.63, 3.8) is 0 Å². The summed E-state index contributed by atoms with van der Waals surface area (Å²) in [5.41, 5.74) is 1.06. The second kappa shape index (κ2) is 4.87. The molecule has 1 aliphatic heterocycles. The lowest BCUT2D eigenvalue weighted by atomic mass is 9.94. The standard InChI is InChI=1S/C12H18N2O3/c1-8(2)14-7-10(12(15)16)11(13-14)9-3-5-17-6-4-9/h7-9H,3-6H2,1-2H3,(H,15,16). The molecule has 0 unspecified atom stereocenters. The van der Waals surface area contributed by atoms with Crippen LogP contribution in [-0.2, 0) is 4.74 Å². The molecule has 1 aliphatic rings. The van der Waals surface area contributed by atoms with Gasteiger partial charge in [0.25, 0.3) is 0 Å². The van der Waals surface area contributed by atoms with Gasteiger partial charge in [0.15, 0.2) is 0 Å². The first-order chi connectivity index (χ1) is 8.09. The fourth-order valence-corrected chi connectivity index (χ4v) is 2.11. The Labute approximate surface area is 100 Å². The Balaban J connectivity index is 2.32. The molecule has 1 N–H and O–H groups in total. The van der Waals surface area contributed by atoms with Crippen molar-refractivity contribution in [3.8, 4) is 0 Å². The van der Waals surface area contributed by atoms with Crippen LogP contribution in [0.4, 0.5) is 0 Å². The molecular formula is C12H18N2O3. The average Bonchev–Trinajstić information content (AvgIpc) is 2.75. The van der Waals surface area contributed by atoms with Crippen LogP contribution < -0.4 is 0 Å². The van der Waals surface area contributed by atoms with E-state index in [4.69, 9.17) is 4.74 Å². The molecule has 1 fully saturated rings. The zero-order valence-electron chi connectivity index (χ0n) is 10.2. The molecule has 2 heterocycles. The molecule has 1 aromatic heterocycles. The van der Waals surface area contributed by atoms with E-state index in [1.54, 1.807) is 10.9 Å². The van der Waals surface area contributed by atoms with Crippen LogP contribution >= 0.6 is 0 Å². The molecule has 17 heavy (non-hydrogen) atoms. The van der Waals surface area contributed by atoms with Gasteiger partial charge >= 0.3 is 5.97 Å². The van der Waals surface area contributed by atoms with Gasteiger partial charge in [0, 0.05) is 31.4 Å². The highest BCUT2D eigenvalue weighted by molar-refractivity contribution is 5.88. The van der Waals surface area contributed by atoms with Crippen molar-refractivity contribution in [1.82, 2.24) is 9.78 Å². The predicted molar refractivity (Wildman–Crippen MR) is 62.4 cm³/mol. The summed E-state index contributed by atoms with van der Waals surface area (Å²) >= 11 is 0. The topological polar surface area (TPSA) is 64.4 Å². The van der Waals surface area contributed by atoms with Crippen LogP contribution in [0.15, 0.2) is 6.20 Å². The fraction of sp³-hybridized carbons (Fsp3) is 0.667. The number of ether oxygens (including phenoxy) is 1. The summed E-state index contributed by atoms with van der Waals surface area (Å²) in [5.74, 6) is -0.673. The third kappa shape index (κ3) is 2.49. The van der Waals surface area contributed by atoms with Crippen molar-refractivity contribution in [2.24, 2.45) is 0 Å². The number of aromatic carboxylic acids is 1. The highest BCUT2D eigenvalue weighted by Crippen LogP contribution is 2.29. The van der Waals surface area contributed by atoms with Crippen LogP contribution in [0.25, 0.3) is 0 Å². The first kappa shape index (κ1) is 12.1. The molecule has 0 spiro atoms. The van der Waals surface area contributed by atoms with Gasteiger partial charge in [0.05, 0.1) is 5.69 Å². The summed E-state index contributed by atoms with van der Waals surface area (Å²) in [6.45, 7) is 5.37. The zero-order valence-corrected chi connectivity index (χ0v) is 10.2. The number of carbonyl (C=O) groups is 1. The first-order valence-corrected chi connectivity index (χ1v) is 5.99. The molecule has 2 rings (SSSR count). The van der Waals surface area contributed by atoms with Gasteiger partial charge in [0.1, 0.15) is 5.56 Å². The van der Waals surface area contributed by atoms with Crippen molar-refractivity contribution in [2.75, 3.05) is 13.2 Å². The van der Waals surface area contributed by atoms with Gasteiger partial charge in [0.2, 0.25) is 0 Å². The van der Waals surface area contributed by atoms with Crippen molar-refractivity contribution in [2.45, 2.75) is 38.6 Å². The second-order valence-corrected chi connectivity index (χ2v) is 4.69. The SMILES string of the molecule is CC(C)n1cc(C(=O)O)c(C2CCOCC2)n1. The molecule has 0 atom stereocenters. The third-order valence-electron chi connectivity index (χ3n) is 3.13. The Kier molecular flexibility index (Phi) is 3.47. The highest BCUT2D eigenvalue weighted by atomic mass is 16.5. The lowest BCUT2D eigenvalue weighted by molar-refractivity contribution is 0.0684. The van der Waals surface area contributed by atoms with E-state index in [0.29, 0.717) is 18.8 Å². The third-order valence-corrected chi connectivity index (χ3v) is 3.13. The van der Waals surface area contributed by atoms with Gasteiger partial charge in [-0.15, -0.1) is 0 Å². The van der Waals surface area contributed by atoms with Crippen LogP contribution in [0.2, 0.25) is 0 Å². The van der Waals surface area contributed by atoms with Crippen LogP contribution in [-0.4, -0.2) is 34.1 Å².